The molecule has 0 spiro atoms. The first kappa shape index (κ1) is 19.5. The van der Waals surface area contributed by atoms with Crippen LogP contribution in [0, 0.1) is 0 Å². The van der Waals surface area contributed by atoms with E-state index in [2.05, 4.69) is 23.1 Å². The summed E-state index contributed by atoms with van der Waals surface area (Å²) in [6, 6.07) is 18.3. The van der Waals surface area contributed by atoms with E-state index in [-0.39, 0.29) is 17.7 Å². The highest BCUT2D eigenvalue weighted by Crippen LogP contribution is 2.36. The number of Topliss-reactive ketones (excluding diaryl/α,β-unsaturated/α-hetero) is 1. The van der Waals surface area contributed by atoms with Gasteiger partial charge in [0.05, 0.1) is 6.04 Å². The van der Waals surface area contributed by atoms with Crippen LogP contribution in [0.4, 0.5) is 0 Å². The Morgan fingerprint density at radius 3 is 2.53 bits per heavy atom. The van der Waals surface area contributed by atoms with Crippen LogP contribution in [0.3, 0.4) is 0 Å². The molecule has 2 saturated heterocycles. The summed E-state index contributed by atoms with van der Waals surface area (Å²) in [6.45, 7) is 3.50. The summed E-state index contributed by atoms with van der Waals surface area (Å²) < 4.78 is 1.13. The number of thiophene rings is 1. The first-order chi connectivity index (χ1) is 14.7. The number of ketones is 1. The van der Waals surface area contributed by atoms with Crippen molar-refractivity contribution >= 4 is 33.1 Å². The maximum absolute atomic E-state index is 13.8. The fourth-order valence-corrected chi connectivity index (χ4v) is 5.76. The van der Waals surface area contributed by atoms with Crippen LogP contribution in [0.15, 0.2) is 60.0 Å². The number of rotatable bonds is 5. The zero-order valence-corrected chi connectivity index (χ0v) is 17.8. The van der Waals surface area contributed by atoms with Crippen molar-refractivity contribution in [2.24, 2.45) is 0 Å². The van der Waals surface area contributed by atoms with Gasteiger partial charge in [0.2, 0.25) is 5.91 Å². The second kappa shape index (κ2) is 8.32. The molecule has 5 rings (SSSR count). The highest BCUT2D eigenvalue weighted by molar-refractivity contribution is 7.17. The van der Waals surface area contributed by atoms with Crippen LogP contribution in [-0.4, -0.2) is 47.7 Å². The van der Waals surface area contributed by atoms with E-state index in [1.165, 1.54) is 12.8 Å². The van der Waals surface area contributed by atoms with Gasteiger partial charge in [-0.15, -0.1) is 11.3 Å². The topological polar surface area (TPSA) is 40.6 Å². The minimum atomic E-state index is -0.693. The summed E-state index contributed by atoms with van der Waals surface area (Å²) in [4.78, 5) is 31.2. The number of hydrogen-bond acceptors (Lipinski definition) is 4. The first-order valence-electron chi connectivity index (χ1n) is 10.8. The standard InChI is InChI=1S/C25H26N2O2S/c28-22-11-15-27(21(17-26-13-4-5-14-26)18-7-2-1-3-8-18)25(29)24(22)20-9-6-10-23-19(20)12-16-30-23/h1-3,6-10,12,16,21,24H,4-5,11,13-15,17H2/t21?,24-/m0/s1. The summed E-state index contributed by atoms with van der Waals surface area (Å²) in [5.41, 5.74) is 2.01. The molecule has 1 aromatic heterocycles. The fourth-order valence-electron chi connectivity index (χ4n) is 4.94. The van der Waals surface area contributed by atoms with Crippen LogP contribution in [0.25, 0.3) is 10.1 Å². The highest BCUT2D eigenvalue weighted by Gasteiger charge is 2.41. The van der Waals surface area contributed by atoms with E-state index in [0.717, 1.165) is 40.8 Å². The number of piperidine rings is 1. The Kier molecular flexibility index (Phi) is 5.40. The van der Waals surface area contributed by atoms with Gasteiger partial charge in [0, 0.05) is 24.2 Å². The molecule has 2 atom stereocenters. The van der Waals surface area contributed by atoms with E-state index in [0.29, 0.717) is 13.0 Å². The first-order valence-corrected chi connectivity index (χ1v) is 11.7. The normalized spacial score (nSPS) is 21.5. The molecule has 2 aliphatic rings. The van der Waals surface area contributed by atoms with Crippen LogP contribution >= 0.6 is 11.3 Å². The second-order valence-electron chi connectivity index (χ2n) is 8.29. The number of amides is 1. The van der Waals surface area contributed by atoms with Crippen LogP contribution in [0.2, 0.25) is 0 Å². The van der Waals surface area contributed by atoms with E-state index in [1.54, 1.807) is 11.3 Å². The van der Waals surface area contributed by atoms with Crippen molar-refractivity contribution in [2.45, 2.75) is 31.2 Å². The molecule has 2 fully saturated rings. The number of nitrogens with zero attached hydrogens (tertiary/aromatic N) is 2. The fraction of sp³-hybridized carbons (Fsp3) is 0.360. The van der Waals surface area contributed by atoms with Crippen molar-refractivity contribution in [3.8, 4) is 0 Å². The zero-order valence-electron chi connectivity index (χ0n) is 17.0. The molecule has 0 aliphatic carbocycles. The van der Waals surface area contributed by atoms with Crippen molar-refractivity contribution in [2.75, 3.05) is 26.2 Å². The molecule has 3 heterocycles. The molecule has 154 valence electrons. The van der Waals surface area contributed by atoms with E-state index >= 15 is 0 Å². The lowest BCUT2D eigenvalue weighted by Crippen LogP contribution is -2.49. The Balaban J connectivity index is 1.51. The van der Waals surface area contributed by atoms with Gasteiger partial charge in [-0.1, -0.05) is 42.5 Å². The molecule has 30 heavy (non-hydrogen) atoms. The number of fused-ring (bicyclic) bond motifs is 1. The third-order valence-electron chi connectivity index (χ3n) is 6.48. The van der Waals surface area contributed by atoms with Crippen LogP contribution in [-0.2, 0) is 9.59 Å². The average Bonchev–Trinajstić information content (AvgIpc) is 3.45. The molecule has 0 N–H and O–H groups in total. The molecule has 2 aliphatic heterocycles. The van der Waals surface area contributed by atoms with Crippen molar-refractivity contribution < 1.29 is 9.59 Å². The molecular formula is C25H26N2O2S. The van der Waals surface area contributed by atoms with Crippen molar-refractivity contribution in [1.29, 1.82) is 0 Å². The largest absolute Gasteiger partial charge is 0.333 e. The molecule has 0 saturated carbocycles. The molecule has 1 amide bonds. The Labute approximate surface area is 181 Å². The summed E-state index contributed by atoms with van der Waals surface area (Å²) in [5, 5.41) is 3.07. The molecule has 0 bridgehead atoms. The van der Waals surface area contributed by atoms with Gasteiger partial charge in [0.25, 0.3) is 0 Å². The van der Waals surface area contributed by atoms with Gasteiger partial charge >= 0.3 is 0 Å². The van der Waals surface area contributed by atoms with Gasteiger partial charge in [-0.3, -0.25) is 9.59 Å². The average molecular weight is 419 g/mol. The van der Waals surface area contributed by atoms with Crippen LogP contribution in [0.5, 0.6) is 0 Å². The molecule has 4 nitrogen and oxygen atoms in total. The van der Waals surface area contributed by atoms with E-state index < -0.39 is 5.92 Å². The summed E-state index contributed by atoms with van der Waals surface area (Å²) in [7, 11) is 0. The van der Waals surface area contributed by atoms with E-state index in [9.17, 15) is 9.59 Å². The molecule has 2 aromatic carbocycles. The third kappa shape index (κ3) is 3.57. The summed E-state index contributed by atoms with van der Waals surface area (Å²) in [6.07, 6.45) is 2.85. The van der Waals surface area contributed by atoms with Gasteiger partial charge in [0.15, 0.2) is 5.78 Å². The predicted octanol–water partition coefficient (Wildman–Crippen LogP) is 4.62. The maximum atomic E-state index is 13.8. The lowest BCUT2D eigenvalue weighted by molar-refractivity contribution is -0.144. The minimum Gasteiger partial charge on any atom is -0.333 e. The molecule has 0 radical (unpaired) electrons. The Morgan fingerprint density at radius 2 is 1.73 bits per heavy atom. The number of hydrogen-bond donors (Lipinski definition) is 0. The van der Waals surface area contributed by atoms with E-state index in [1.807, 2.05) is 46.7 Å². The molecular weight excluding hydrogens is 392 g/mol. The van der Waals surface area contributed by atoms with Crippen molar-refractivity contribution in [1.82, 2.24) is 9.80 Å². The SMILES string of the molecule is O=C1CCN(C(CN2CCCC2)c2ccccc2)C(=O)[C@H]1c1cccc2sccc12. The highest BCUT2D eigenvalue weighted by atomic mass is 32.1. The third-order valence-corrected chi connectivity index (χ3v) is 7.36. The lowest BCUT2D eigenvalue weighted by Gasteiger charge is -2.39. The van der Waals surface area contributed by atoms with Crippen LogP contribution in [0.1, 0.15) is 42.3 Å². The summed E-state index contributed by atoms with van der Waals surface area (Å²) >= 11 is 1.65. The van der Waals surface area contributed by atoms with Gasteiger partial charge in [-0.2, -0.15) is 0 Å². The minimum absolute atomic E-state index is 0.0194. The number of benzene rings is 2. The smallest absolute Gasteiger partial charge is 0.238 e. The quantitative estimate of drug-likeness (QED) is 0.568. The van der Waals surface area contributed by atoms with Gasteiger partial charge < -0.3 is 9.80 Å². The summed E-state index contributed by atoms with van der Waals surface area (Å²) in [5.74, 6) is -0.692. The Morgan fingerprint density at radius 1 is 0.933 bits per heavy atom. The Hall–Kier alpha value is -2.50. The molecule has 1 unspecified atom stereocenters. The zero-order chi connectivity index (χ0) is 20.5. The molecule has 3 aromatic rings. The lowest BCUT2D eigenvalue weighted by atomic mass is 9.85. The van der Waals surface area contributed by atoms with E-state index in [4.69, 9.17) is 0 Å². The number of carbonyl (C=O) groups excluding carboxylic acids is 2. The monoisotopic (exact) mass is 418 g/mol. The number of likely N-dealkylation sites (tertiary alicyclic amines) is 2. The van der Waals surface area contributed by atoms with Gasteiger partial charge in [-0.05, 0) is 60.0 Å². The second-order valence-corrected chi connectivity index (χ2v) is 9.24. The van der Waals surface area contributed by atoms with Crippen molar-refractivity contribution in [3.05, 3.63) is 71.1 Å². The van der Waals surface area contributed by atoms with Gasteiger partial charge in [-0.25, -0.2) is 0 Å². The van der Waals surface area contributed by atoms with Crippen LogP contribution < -0.4 is 0 Å². The number of carbonyl (C=O) groups is 2. The predicted molar refractivity (Wildman–Crippen MR) is 121 cm³/mol. The Bertz CT molecular complexity index is 1060. The van der Waals surface area contributed by atoms with Crippen molar-refractivity contribution in [3.63, 3.8) is 0 Å². The molecule has 5 heteroatoms. The maximum Gasteiger partial charge on any atom is 0.238 e. The van der Waals surface area contributed by atoms with Gasteiger partial charge in [0.1, 0.15) is 5.92 Å².